The van der Waals surface area contributed by atoms with Crippen LogP contribution in [0.3, 0.4) is 0 Å². The van der Waals surface area contributed by atoms with Gasteiger partial charge in [-0.15, -0.1) is 0 Å². The molecular weight excluding hydrogens is 348 g/mol. The van der Waals surface area contributed by atoms with Crippen molar-refractivity contribution >= 4 is 34.8 Å². The molecule has 4 rings (SSSR count). The first kappa shape index (κ1) is 17.1. The molecule has 134 valence electrons. The number of hydrogen-bond acceptors (Lipinski definition) is 2. The minimum atomic E-state index is -0.496. The van der Waals surface area contributed by atoms with E-state index in [1.807, 2.05) is 48.5 Å². The zero-order valence-corrected chi connectivity index (χ0v) is 15.2. The molecule has 0 saturated heterocycles. The second-order valence-electron chi connectivity index (χ2n) is 7.24. The first-order chi connectivity index (χ1) is 12.6. The van der Waals surface area contributed by atoms with Crippen molar-refractivity contribution in [2.45, 2.75) is 37.5 Å². The van der Waals surface area contributed by atoms with Gasteiger partial charge in [-0.1, -0.05) is 30.2 Å². The fourth-order valence-corrected chi connectivity index (χ4v) is 3.63. The summed E-state index contributed by atoms with van der Waals surface area (Å²) in [6.45, 7) is 0. The fourth-order valence-electron chi connectivity index (χ4n) is 3.44. The third-order valence-corrected chi connectivity index (χ3v) is 5.61. The number of hydrogen-bond donors (Lipinski definition) is 2. The molecule has 2 aromatic rings. The van der Waals surface area contributed by atoms with Gasteiger partial charge in [-0.3, -0.25) is 9.59 Å². The van der Waals surface area contributed by atoms with Gasteiger partial charge in [0.05, 0.1) is 5.41 Å². The number of benzene rings is 2. The molecule has 2 fully saturated rings. The van der Waals surface area contributed by atoms with Crippen LogP contribution in [0.4, 0.5) is 11.4 Å². The van der Waals surface area contributed by atoms with Crippen LogP contribution in [0.5, 0.6) is 0 Å². The highest BCUT2D eigenvalue weighted by Crippen LogP contribution is 2.45. The lowest BCUT2D eigenvalue weighted by atomic mass is 9.64. The molecule has 0 atom stereocenters. The fraction of sp³-hybridized carbons (Fsp3) is 0.333. The molecule has 0 unspecified atom stereocenters. The van der Waals surface area contributed by atoms with Crippen LogP contribution < -0.4 is 10.6 Å². The molecule has 2 aromatic carbocycles. The number of rotatable bonds is 5. The maximum atomic E-state index is 13.0. The van der Waals surface area contributed by atoms with E-state index in [1.165, 1.54) is 0 Å². The lowest BCUT2D eigenvalue weighted by Crippen LogP contribution is -2.46. The predicted octanol–water partition coefficient (Wildman–Crippen LogP) is 4.75. The lowest BCUT2D eigenvalue weighted by molar-refractivity contribution is -0.124. The molecular formula is C21H21ClN2O2. The Hall–Kier alpha value is -2.33. The number of amides is 2. The van der Waals surface area contributed by atoms with E-state index in [4.69, 9.17) is 11.6 Å². The highest BCUT2D eigenvalue weighted by atomic mass is 35.5. The molecule has 0 aromatic heterocycles. The lowest BCUT2D eigenvalue weighted by Gasteiger charge is -2.40. The van der Waals surface area contributed by atoms with E-state index in [2.05, 4.69) is 10.6 Å². The topological polar surface area (TPSA) is 58.2 Å². The van der Waals surface area contributed by atoms with Crippen molar-refractivity contribution in [3.05, 3.63) is 59.1 Å². The van der Waals surface area contributed by atoms with Gasteiger partial charge in [0.25, 0.3) is 0 Å². The molecule has 0 aliphatic heterocycles. The molecule has 26 heavy (non-hydrogen) atoms. The number of carbonyl (C=O) groups is 2. The highest BCUT2D eigenvalue weighted by Gasteiger charge is 2.45. The van der Waals surface area contributed by atoms with E-state index in [1.54, 1.807) is 0 Å². The van der Waals surface area contributed by atoms with Gasteiger partial charge in [0.2, 0.25) is 11.8 Å². The first-order valence-corrected chi connectivity index (χ1v) is 9.43. The summed E-state index contributed by atoms with van der Waals surface area (Å²) in [5, 5.41) is 6.58. The third-order valence-electron chi connectivity index (χ3n) is 5.38. The molecule has 0 spiro atoms. The maximum absolute atomic E-state index is 13.0. The van der Waals surface area contributed by atoms with Crippen molar-refractivity contribution in [1.29, 1.82) is 0 Å². The van der Waals surface area contributed by atoms with E-state index in [-0.39, 0.29) is 17.7 Å². The summed E-state index contributed by atoms with van der Waals surface area (Å²) in [6.07, 6.45) is 4.65. The van der Waals surface area contributed by atoms with Crippen LogP contribution in [0.15, 0.2) is 48.5 Å². The maximum Gasteiger partial charge on any atom is 0.235 e. The Balaban J connectivity index is 1.45. The monoisotopic (exact) mass is 368 g/mol. The standard InChI is InChI=1S/C21H21ClN2O2/c22-16-4-1-3-15(13-16)21(11-2-12-21)20(26)24-18-9-7-17(8-10-18)23-19(25)14-5-6-14/h1,3-4,7-10,13-14H,2,5-6,11-12H2,(H,23,25)(H,24,26). The molecule has 0 radical (unpaired) electrons. The summed E-state index contributed by atoms with van der Waals surface area (Å²) in [7, 11) is 0. The molecule has 5 heteroatoms. The highest BCUT2D eigenvalue weighted by molar-refractivity contribution is 6.30. The minimum Gasteiger partial charge on any atom is -0.326 e. The second kappa shape index (κ2) is 6.76. The molecule has 2 saturated carbocycles. The molecule has 0 heterocycles. The average Bonchev–Trinajstić information content (AvgIpc) is 3.41. The van der Waals surface area contributed by atoms with Gasteiger partial charge in [0.15, 0.2) is 0 Å². The van der Waals surface area contributed by atoms with Crippen molar-refractivity contribution in [2.75, 3.05) is 10.6 Å². The first-order valence-electron chi connectivity index (χ1n) is 9.05. The Morgan fingerprint density at radius 3 is 2.15 bits per heavy atom. The zero-order valence-electron chi connectivity index (χ0n) is 14.4. The van der Waals surface area contributed by atoms with Gasteiger partial charge in [-0.05, 0) is 67.6 Å². The smallest absolute Gasteiger partial charge is 0.235 e. The van der Waals surface area contributed by atoms with Gasteiger partial charge in [-0.25, -0.2) is 0 Å². The van der Waals surface area contributed by atoms with E-state index in [0.29, 0.717) is 5.02 Å². The molecule has 2 N–H and O–H groups in total. The van der Waals surface area contributed by atoms with Gasteiger partial charge in [-0.2, -0.15) is 0 Å². The number of carbonyl (C=O) groups excluding carboxylic acids is 2. The van der Waals surface area contributed by atoms with E-state index in [9.17, 15) is 9.59 Å². The van der Waals surface area contributed by atoms with Crippen molar-refractivity contribution < 1.29 is 9.59 Å². The molecule has 0 bridgehead atoms. The Morgan fingerprint density at radius 1 is 0.962 bits per heavy atom. The number of halogens is 1. The molecule has 2 amide bonds. The van der Waals surface area contributed by atoms with Crippen LogP contribution in [-0.2, 0) is 15.0 Å². The largest absolute Gasteiger partial charge is 0.326 e. The SMILES string of the molecule is O=C(Nc1ccc(NC(=O)C2(c3cccc(Cl)c3)CCC2)cc1)C1CC1. The Kier molecular flexibility index (Phi) is 4.45. The third kappa shape index (κ3) is 3.34. The quantitative estimate of drug-likeness (QED) is 0.800. The summed E-state index contributed by atoms with van der Waals surface area (Å²) < 4.78 is 0. The van der Waals surface area contributed by atoms with Crippen molar-refractivity contribution in [3.8, 4) is 0 Å². The Labute approximate surface area is 157 Å². The molecule has 4 nitrogen and oxygen atoms in total. The van der Waals surface area contributed by atoms with E-state index >= 15 is 0 Å². The van der Waals surface area contributed by atoms with Gasteiger partial charge in [0, 0.05) is 22.3 Å². The summed E-state index contributed by atoms with van der Waals surface area (Å²) in [5.41, 5.74) is 1.96. The molecule has 2 aliphatic carbocycles. The summed E-state index contributed by atoms with van der Waals surface area (Å²) in [6, 6.07) is 14.9. The zero-order chi connectivity index (χ0) is 18.1. The Morgan fingerprint density at radius 2 is 1.62 bits per heavy atom. The van der Waals surface area contributed by atoms with Gasteiger partial charge < -0.3 is 10.6 Å². The van der Waals surface area contributed by atoms with Crippen LogP contribution in [-0.4, -0.2) is 11.8 Å². The second-order valence-corrected chi connectivity index (χ2v) is 7.68. The van der Waals surface area contributed by atoms with E-state index in [0.717, 1.165) is 49.0 Å². The van der Waals surface area contributed by atoms with Crippen LogP contribution in [0, 0.1) is 5.92 Å². The van der Waals surface area contributed by atoms with Crippen LogP contribution in [0.25, 0.3) is 0 Å². The molecule has 2 aliphatic rings. The van der Waals surface area contributed by atoms with E-state index < -0.39 is 5.41 Å². The van der Waals surface area contributed by atoms with Crippen LogP contribution in [0.2, 0.25) is 5.02 Å². The minimum absolute atomic E-state index is 0.000725. The van der Waals surface area contributed by atoms with Crippen molar-refractivity contribution in [2.24, 2.45) is 5.92 Å². The Bertz CT molecular complexity index is 839. The van der Waals surface area contributed by atoms with Crippen LogP contribution >= 0.6 is 11.6 Å². The van der Waals surface area contributed by atoms with Crippen molar-refractivity contribution in [3.63, 3.8) is 0 Å². The normalized spacial score (nSPS) is 17.9. The summed E-state index contributed by atoms with van der Waals surface area (Å²) >= 11 is 6.12. The predicted molar refractivity (Wildman–Crippen MR) is 103 cm³/mol. The summed E-state index contributed by atoms with van der Waals surface area (Å²) in [4.78, 5) is 24.8. The average molecular weight is 369 g/mol. The number of nitrogens with one attached hydrogen (secondary N) is 2. The van der Waals surface area contributed by atoms with Crippen LogP contribution in [0.1, 0.15) is 37.7 Å². The van der Waals surface area contributed by atoms with Crippen molar-refractivity contribution in [1.82, 2.24) is 0 Å². The summed E-state index contributed by atoms with van der Waals surface area (Å²) in [5.74, 6) is 0.252. The number of anilines is 2. The van der Waals surface area contributed by atoms with Gasteiger partial charge in [0.1, 0.15) is 0 Å². The van der Waals surface area contributed by atoms with Gasteiger partial charge >= 0.3 is 0 Å².